The highest BCUT2D eigenvalue weighted by atomic mass is 79.9. The number of benzene rings is 3. The summed E-state index contributed by atoms with van der Waals surface area (Å²) in [6.07, 6.45) is 0. The van der Waals surface area contributed by atoms with Crippen molar-refractivity contribution < 1.29 is 9.47 Å². The van der Waals surface area contributed by atoms with Crippen molar-refractivity contribution in [2.75, 3.05) is 11.9 Å². The van der Waals surface area contributed by atoms with Gasteiger partial charge in [-0.2, -0.15) is 0 Å². The Kier molecular flexibility index (Phi) is 7.45. The normalized spacial score (nSPS) is 10.7. The molecule has 3 aromatic rings. The van der Waals surface area contributed by atoms with E-state index in [1.165, 1.54) is 5.56 Å². The van der Waals surface area contributed by atoms with Crippen LogP contribution < -0.4 is 14.8 Å². The molecule has 0 atom stereocenters. The molecule has 5 heteroatoms. The van der Waals surface area contributed by atoms with Gasteiger partial charge in [-0.25, -0.2) is 0 Å². The Morgan fingerprint density at radius 1 is 0.931 bits per heavy atom. The molecule has 1 N–H and O–H groups in total. The lowest BCUT2D eigenvalue weighted by Gasteiger charge is -2.16. The van der Waals surface area contributed by atoms with Crippen LogP contribution in [0.1, 0.15) is 29.2 Å². The molecule has 0 aliphatic heterocycles. The zero-order valence-electron chi connectivity index (χ0n) is 16.9. The van der Waals surface area contributed by atoms with Crippen molar-refractivity contribution in [3.05, 3.63) is 86.3 Å². The van der Waals surface area contributed by atoms with Crippen molar-refractivity contribution in [2.45, 2.75) is 33.9 Å². The summed E-state index contributed by atoms with van der Waals surface area (Å²) in [5.41, 5.74) is 5.47. The van der Waals surface area contributed by atoms with Crippen molar-refractivity contribution >= 4 is 33.2 Å². The lowest BCUT2D eigenvalue weighted by molar-refractivity contribution is 0.269. The average Bonchev–Trinajstić information content (AvgIpc) is 2.70. The number of halogens is 2. The van der Waals surface area contributed by atoms with Crippen molar-refractivity contribution in [3.63, 3.8) is 0 Å². The molecule has 0 aliphatic carbocycles. The van der Waals surface area contributed by atoms with Crippen LogP contribution >= 0.6 is 27.5 Å². The third-order valence-electron chi connectivity index (χ3n) is 4.58. The lowest BCUT2D eigenvalue weighted by atomic mass is 10.1. The Labute approximate surface area is 186 Å². The Hall–Kier alpha value is -2.17. The van der Waals surface area contributed by atoms with Crippen LogP contribution in [0.25, 0.3) is 0 Å². The average molecular weight is 475 g/mol. The van der Waals surface area contributed by atoms with E-state index in [0.717, 1.165) is 43.4 Å². The third-order valence-corrected chi connectivity index (χ3v) is 5.73. The topological polar surface area (TPSA) is 30.5 Å². The molecule has 0 unspecified atom stereocenters. The first-order chi connectivity index (χ1) is 14.0. The molecule has 0 bridgehead atoms. The molecule has 0 heterocycles. The van der Waals surface area contributed by atoms with E-state index in [9.17, 15) is 0 Å². The van der Waals surface area contributed by atoms with Crippen LogP contribution in [0.3, 0.4) is 0 Å². The Morgan fingerprint density at radius 2 is 1.66 bits per heavy atom. The van der Waals surface area contributed by atoms with Crippen LogP contribution in [-0.4, -0.2) is 6.61 Å². The van der Waals surface area contributed by atoms with E-state index in [2.05, 4.69) is 52.4 Å². The summed E-state index contributed by atoms with van der Waals surface area (Å²) in [4.78, 5) is 0. The van der Waals surface area contributed by atoms with Crippen LogP contribution in [0.15, 0.2) is 59.1 Å². The van der Waals surface area contributed by atoms with E-state index in [1.807, 2.05) is 44.2 Å². The van der Waals surface area contributed by atoms with Gasteiger partial charge in [0.15, 0.2) is 11.5 Å². The highest BCUT2D eigenvalue weighted by Gasteiger charge is 2.12. The Balaban J connectivity index is 1.74. The van der Waals surface area contributed by atoms with Crippen molar-refractivity contribution in [1.82, 2.24) is 0 Å². The maximum atomic E-state index is 6.22. The Morgan fingerprint density at radius 3 is 2.34 bits per heavy atom. The lowest BCUT2D eigenvalue weighted by Crippen LogP contribution is -2.04. The van der Waals surface area contributed by atoms with Gasteiger partial charge in [-0.3, -0.25) is 0 Å². The van der Waals surface area contributed by atoms with Gasteiger partial charge in [-0.05, 0) is 61.7 Å². The minimum absolute atomic E-state index is 0.492. The van der Waals surface area contributed by atoms with Gasteiger partial charge in [-0.15, -0.1) is 0 Å². The largest absolute Gasteiger partial charge is 0.490 e. The van der Waals surface area contributed by atoms with Crippen LogP contribution in [0.4, 0.5) is 5.69 Å². The highest BCUT2D eigenvalue weighted by molar-refractivity contribution is 9.10. The van der Waals surface area contributed by atoms with Gasteiger partial charge in [0.2, 0.25) is 0 Å². The standard InChI is InChI=1S/C24H25BrClNO2/c1-4-28-23-11-19(14-27-20-10-7-17(3)22(26)12-20)21(25)13-24(23)29-15-18-8-5-16(2)6-9-18/h5-13,27H,4,14-15H2,1-3H3. The molecule has 0 fully saturated rings. The van der Waals surface area contributed by atoms with E-state index in [4.69, 9.17) is 21.1 Å². The predicted molar refractivity (Wildman–Crippen MR) is 124 cm³/mol. The first kappa shape index (κ1) is 21.5. The number of anilines is 1. The molecular formula is C24H25BrClNO2. The first-order valence-electron chi connectivity index (χ1n) is 9.60. The van der Waals surface area contributed by atoms with Gasteiger partial charge in [-0.1, -0.05) is 63.4 Å². The quantitative estimate of drug-likeness (QED) is 0.371. The number of nitrogens with one attached hydrogen (secondary N) is 1. The van der Waals surface area contributed by atoms with Crippen molar-refractivity contribution in [2.24, 2.45) is 0 Å². The molecule has 0 saturated heterocycles. The van der Waals surface area contributed by atoms with Crippen LogP contribution in [-0.2, 0) is 13.2 Å². The van der Waals surface area contributed by atoms with E-state index in [0.29, 0.717) is 19.8 Å². The van der Waals surface area contributed by atoms with E-state index < -0.39 is 0 Å². The molecule has 3 nitrogen and oxygen atoms in total. The molecule has 29 heavy (non-hydrogen) atoms. The monoisotopic (exact) mass is 473 g/mol. The molecule has 152 valence electrons. The second kappa shape index (κ2) is 10.0. The highest BCUT2D eigenvalue weighted by Crippen LogP contribution is 2.35. The minimum atomic E-state index is 0.492. The number of hydrogen-bond donors (Lipinski definition) is 1. The fourth-order valence-electron chi connectivity index (χ4n) is 2.84. The van der Waals surface area contributed by atoms with E-state index in [-0.39, 0.29) is 0 Å². The summed E-state index contributed by atoms with van der Waals surface area (Å²) in [7, 11) is 0. The number of hydrogen-bond acceptors (Lipinski definition) is 3. The smallest absolute Gasteiger partial charge is 0.162 e. The fourth-order valence-corrected chi connectivity index (χ4v) is 3.48. The summed E-state index contributed by atoms with van der Waals surface area (Å²) in [5.74, 6) is 1.46. The zero-order valence-corrected chi connectivity index (χ0v) is 19.2. The van der Waals surface area contributed by atoms with Gasteiger partial charge in [0, 0.05) is 21.7 Å². The van der Waals surface area contributed by atoms with Gasteiger partial charge in [0.1, 0.15) is 6.61 Å². The van der Waals surface area contributed by atoms with E-state index >= 15 is 0 Å². The zero-order chi connectivity index (χ0) is 20.8. The molecular weight excluding hydrogens is 450 g/mol. The van der Waals surface area contributed by atoms with Crippen molar-refractivity contribution in [1.29, 1.82) is 0 Å². The SMILES string of the molecule is CCOc1cc(CNc2ccc(C)c(Cl)c2)c(Br)cc1OCc1ccc(C)cc1. The van der Waals surface area contributed by atoms with E-state index in [1.54, 1.807) is 0 Å². The minimum Gasteiger partial charge on any atom is -0.490 e. The molecule has 0 saturated carbocycles. The Bertz CT molecular complexity index is 973. The summed E-state index contributed by atoms with van der Waals surface area (Å²) in [6, 6.07) is 18.3. The molecule has 3 rings (SSSR count). The van der Waals surface area contributed by atoms with Gasteiger partial charge in [0.25, 0.3) is 0 Å². The first-order valence-corrected chi connectivity index (χ1v) is 10.8. The van der Waals surface area contributed by atoms with Gasteiger partial charge >= 0.3 is 0 Å². The predicted octanol–water partition coefficient (Wildman–Crippen LogP) is 7.31. The second-order valence-electron chi connectivity index (χ2n) is 6.92. The summed E-state index contributed by atoms with van der Waals surface area (Å²) >= 11 is 9.89. The van der Waals surface area contributed by atoms with Crippen LogP contribution in [0.2, 0.25) is 5.02 Å². The summed E-state index contributed by atoms with van der Waals surface area (Å²) in [5, 5.41) is 4.16. The summed E-state index contributed by atoms with van der Waals surface area (Å²) in [6.45, 7) is 7.74. The van der Waals surface area contributed by atoms with Crippen LogP contribution in [0.5, 0.6) is 11.5 Å². The van der Waals surface area contributed by atoms with Gasteiger partial charge < -0.3 is 14.8 Å². The number of ether oxygens (including phenoxy) is 2. The second-order valence-corrected chi connectivity index (χ2v) is 8.18. The third kappa shape index (κ3) is 5.91. The maximum Gasteiger partial charge on any atom is 0.162 e. The molecule has 3 aromatic carbocycles. The molecule has 0 amide bonds. The summed E-state index contributed by atoms with van der Waals surface area (Å²) < 4.78 is 12.8. The molecule has 0 aliphatic rings. The van der Waals surface area contributed by atoms with Gasteiger partial charge in [0.05, 0.1) is 6.61 Å². The number of aryl methyl sites for hydroxylation is 2. The molecule has 0 spiro atoms. The maximum absolute atomic E-state index is 6.22. The van der Waals surface area contributed by atoms with Crippen LogP contribution in [0, 0.1) is 13.8 Å². The molecule has 0 aromatic heterocycles. The fraction of sp³-hybridized carbons (Fsp3) is 0.250. The number of rotatable bonds is 8. The van der Waals surface area contributed by atoms with Crippen molar-refractivity contribution in [3.8, 4) is 11.5 Å². The molecule has 0 radical (unpaired) electrons.